The van der Waals surface area contributed by atoms with Gasteiger partial charge in [-0.25, -0.2) is 4.98 Å². The first-order chi connectivity index (χ1) is 12.1. The van der Waals surface area contributed by atoms with Gasteiger partial charge in [-0.3, -0.25) is 4.79 Å². The quantitative estimate of drug-likeness (QED) is 0.857. The highest BCUT2D eigenvalue weighted by molar-refractivity contribution is 5.92. The van der Waals surface area contributed by atoms with E-state index in [1.165, 1.54) is 11.8 Å². The van der Waals surface area contributed by atoms with Crippen LogP contribution < -0.4 is 0 Å². The minimum absolute atomic E-state index is 0.137. The van der Waals surface area contributed by atoms with Gasteiger partial charge < -0.3 is 18.8 Å². The fourth-order valence-electron chi connectivity index (χ4n) is 4.00. The highest BCUT2D eigenvalue weighted by Crippen LogP contribution is 2.43. The first-order valence-electron chi connectivity index (χ1n) is 8.54. The van der Waals surface area contributed by atoms with Gasteiger partial charge in [0, 0.05) is 20.0 Å². The summed E-state index contributed by atoms with van der Waals surface area (Å²) < 4.78 is 17.1. The second kappa shape index (κ2) is 6.28. The average molecular weight is 342 g/mol. The van der Waals surface area contributed by atoms with Gasteiger partial charge in [0.05, 0.1) is 19.7 Å². The number of carbonyl (C=O) groups is 1. The molecule has 132 valence electrons. The van der Waals surface area contributed by atoms with Crippen LogP contribution in [0.2, 0.25) is 0 Å². The number of likely N-dealkylation sites (tertiary alicyclic amines) is 1. The maximum Gasteiger partial charge on any atom is 0.276 e. The van der Waals surface area contributed by atoms with Gasteiger partial charge in [-0.05, 0) is 12.0 Å². The Hall–Kier alpha value is -2.18. The summed E-state index contributed by atoms with van der Waals surface area (Å²) in [5, 5.41) is 0. The lowest BCUT2D eigenvalue weighted by Gasteiger charge is -2.28. The molecule has 1 amide bonds. The molecule has 4 rings (SSSR count). The van der Waals surface area contributed by atoms with Crippen LogP contribution in [0.25, 0.3) is 0 Å². The van der Waals surface area contributed by atoms with Crippen LogP contribution in [-0.2, 0) is 9.47 Å². The van der Waals surface area contributed by atoms with Gasteiger partial charge in [0.15, 0.2) is 11.6 Å². The van der Waals surface area contributed by atoms with E-state index in [0.29, 0.717) is 37.2 Å². The van der Waals surface area contributed by atoms with Crippen LogP contribution in [0.15, 0.2) is 41.0 Å². The lowest BCUT2D eigenvalue weighted by Crippen LogP contribution is -2.42. The molecule has 2 aliphatic heterocycles. The summed E-state index contributed by atoms with van der Waals surface area (Å²) in [6.45, 7) is 3.39. The Labute approximate surface area is 146 Å². The van der Waals surface area contributed by atoms with Crippen LogP contribution in [0.5, 0.6) is 0 Å². The molecule has 2 aromatic rings. The van der Waals surface area contributed by atoms with E-state index >= 15 is 0 Å². The zero-order valence-electron chi connectivity index (χ0n) is 14.5. The van der Waals surface area contributed by atoms with E-state index in [9.17, 15) is 4.79 Å². The van der Waals surface area contributed by atoms with E-state index in [-0.39, 0.29) is 12.0 Å². The number of aryl methyl sites for hydroxylation is 1. The molecule has 1 aromatic heterocycles. The molecule has 25 heavy (non-hydrogen) atoms. The molecule has 2 aliphatic rings. The van der Waals surface area contributed by atoms with E-state index in [0.717, 1.165) is 6.42 Å². The molecule has 0 radical (unpaired) electrons. The highest BCUT2D eigenvalue weighted by Gasteiger charge is 2.54. The van der Waals surface area contributed by atoms with E-state index in [4.69, 9.17) is 13.9 Å². The number of rotatable bonds is 3. The Balaban J connectivity index is 1.53. The third-order valence-corrected chi connectivity index (χ3v) is 5.28. The van der Waals surface area contributed by atoms with Gasteiger partial charge in [-0.2, -0.15) is 0 Å². The number of ether oxygens (including phenoxy) is 2. The number of oxazole rings is 1. The molecule has 0 N–H and O–H groups in total. The van der Waals surface area contributed by atoms with E-state index < -0.39 is 5.60 Å². The zero-order chi connectivity index (χ0) is 17.4. The lowest BCUT2D eigenvalue weighted by molar-refractivity contribution is -0.0755. The Kier molecular flexibility index (Phi) is 4.09. The SMILES string of the molecule is CO[C@@H]1CN(C(=O)c2coc(C)n2)C[C@]12C[C@@H](c1ccccc1)CO2. The predicted molar refractivity (Wildman–Crippen MR) is 90.4 cm³/mol. The summed E-state index contributed by atoms with van der Waals surface area (Å²) in [7, 11) is 1.68. The summed E-state index contributed by atoms with van der Waals surface area (Å²) in [5.41, 5.74) is 1.15. The molecular weight excluding hydrogens is 320 g/mol. The molecule has 2 saturated heterocycles. The summed E-state index contributed by atoms with van der Waals surface area (Å²) in [6.07, 6.45) is 2.11. The predicted octanol–water partition coefficient (Wildman–Crippen LogP) is 2.40. The Morgan fingerprint density at radius 3 is 2.84 bits per heavy atom. The van der Waals surface area contributed by atoms with Crippen LogP contribution >= 0.6 is 0 Å². The zero-order valence-corrected chi connectivity index (χ0v) is 14.5. The number of nitrogens with zero attached hydrogens (tertiary/aromatic N) is 2. The topological polar surface area (TPSA) is 64.8 Å². The number of carbonyl (C=O) groups excluding carboxylic acids is 1. The second-order valence-corrected chi connectivity index (χ2v) is 6.85. The van der Waals surface area contributed by atoms with Crippen LogP contribution in [0.3, 0.4) is 0 Å². The van der Waals surface area contributed by atoms with Crippen molar-refractivity contribution < 1.29 is 18.7 Å². The summed E-state index contributed by atoms with van der Waals surface area (Å²) in [4.78, 5) is 18.6. The van der Waals surface area contributed by atoms with Crippen molar-refractivity contribution in [3.63, 3.8) is 0 Å². The molecule has 3 atom stereocenters. The number of benzene rings is 1. The fourth-order valence-corrected chi connectivity index (χ4v) is 4.00. The first kappa shape index (κ1) is 16.3. The Morgan fingerprint density at radius 2 is 2.16 bits per heavy atom. The molecule has 1 spiro atoms. The Morgan fingerprint density at radius 1 is 1.36 bits per heavy atom. The van der Waals surface area contributed by atoms with Gasteiger partial charge in [0.2, 0.25) is 0 Å². The van der Waals surface area contributed by atoms with Gasteiger partial charge in [0.25, 0.3) is 5.91 Å². The van der Waals surface area contributed by atoms with E-state index in [1.807, 2.05) is 18.2 Å². The monoisotopic (exact) mass is 342 g/mol. The van der Waals surface area contributed by atoms with E-state index in [2.05, 4.69) is 17.1 Å². The van der Waals surface area contributed by atoms with Crippen LogP contribution in [0.1, 0.15) is 34.3 Å². The number of hydrogen-bond donors (Lipinski definition) is 0. The average Bonchev–Trinajstić information content (AvgIpc) is 3.35. The van der Waals surface area contributed by atoms with Crippen molar-refractivity contribution in [2.75, 3.05) is 26.8 Å². The summed E-state index contributed by atoms with van der Waals surface area (Å²) in [6, 6.07) is 10.4. The summed E-state index contributed by atoms with van der Waals surface area (Å²) >= 11 is 0. The molecule has 6 heteroatoms. The van der Waals surface area contributed by atoms with Gasteiger partial charge >= 0.3 is 0 Å². The van der Waals surface area contributed by atoms with Crippen molar-refractivity contribution in [2.24, 2.45) is 0 Å². The largest absolute Gasteiger partial charge is 0.448 e. The van der Waals surface area contributed by atoms with Crippen molar-refractivity contribution in [2.45, 2.75) is 31.0 Å². The number of amides is 1. The number of aromatic nitrogens is 1. The molecule has 1 aromatic carbocycles. The number of hydrogen-bond acceptors (Lipinski definition) is 5. The van der Waals surface area contributed by atoms with Crippen molar-refractivity contribution >= 4 is 5.91 Å². The fraction of sp³-hybridized carbons (Fsp3) is 0.474. The Bertz CT molecular complexity index is 760. The maximum absolute atomic E-state index is 12.7. The minimum Gasteiger partial charge on any atom is -0.448 e. The van der Waals surface area contributed by atoms with Gasteiger partial charge in [-0.15, -0.1) is 0 Å². The smallest absolute Gasteiger partial charge is 0.276 e. The van der Waals surface area contributed by atoms with Gasteiger partial charge in [0.1, 0.15) is 18.0 Å². The molecule has 2 fully saturated rings. The summed E-state index contributed by atoms with van der Waals surface area (Å²) in [5.74, 6) is 0.674. The van der Waals surface area contributed by atoms with Crippen LogP contribution in [-0.4, -0.2) is 54.3 Å². The van der Waals surface area contributed by atoms with Gasteiger partial charge in [-0.1, -0.05) is 30.3 Å². The third-order valence-electron chi connectivity index (χ3n) is 5.28. The van der Waals surface area contributed by atoms with Crippen molar-refractivity contribution in [1.29, 1.82) is 0 Å². The van der Waals surface area contributed by atoms with E-state index in [1.54, 1.807) is 18.9 Å². The number of methoxy groups -OCH3 is 1. The standard InChI is InChI=1S/C19H22N2O4/c1-13-20-16(11-24-13)18(22)21-9-17(23-2)19(12-21)8-15(10-25-19)14-6-4-3-5-7-14/h3-7,11,15,17H,8-10,12H2,1-2H3/t15-,17-,19-/m1/s1. The molecule has 0 aliphatic carbocycles. The molecule has 0 saturated carbocycles. The van der Waals surface area contributed by atoms with Crippen LogP contribution in [0, 0.1) is 6.92 Å². The second-order valence-electron chi connectivity index (χ2n) is 6.85. The highest BCUT2D eigenvalue weighted by atomic mass is 16.6. The van der Waals surface area contributed by atoms with Crippen molar-refractivity contribution in [3.8, 4) is 0 Å². The third kappa shape index (κ3) is 2.85. The molecule has 3 heterocycles. The molecule has 6 nitrogen and oxygen atoms in total. The lowest BCUT2D eigenvalue weighted by atomic mass is 9.87. The maximum atomic E-state index is 12.7. The van der Waals surface area contributed by atoms with Crippen molar-refractivity contribution in [1.82, 2.24) is 9.88 Å². The normalized spacial score (nSPS) is 28.8. The van der Waals surface area contributed by atoms with Crippen molar-refractivity contribution in [3.05, 3.63) is 53.7 Å². The first-order valence-corrected chi connectivity index (χ1v) is 8.54. The minimum atomic E-state index is -0.455. The molecular formula is C19H22N2O4. The molecule has 0 bridgehead atoms. The van der Waals surface area contributed by atoms with Crippen LogP contribution in [0.4, 0.5) is 0 Å². The molecule has 0 unspecified atom stereocenters.